The number of carbonyl (C=O) groups is 1. The van der Waals surface area contributed by atoms with E-state index in [0.29, 0.717) is 12.2 Å². The average Bonchev–Trinajstić information content (AvgIpc) is 2.99. The summed E-state index contributed by atoms with van der Waals surface area (Å²) < 4.78 is 0. The molecule has 1 aromatic carbocycles. The van der Waals surface area contributed by atoms with Crippen LogP contribution in [0.2, 0.25) is 0 Å². The summed E-state index contributed by atoms with van der Waals surface area (Å²) in [6.07, 6.45) is 1.98. The first-order valence-electron chi connectivity index (χ1n) is 6.51. The van der Waals surface area contributed by atoms with Crippen LogP contribution in [0, 0.1) is 0 Å². The lowest BCUT2D eigenvalue weighted by molar-refractivity contribution is -0.120. The number of anilines is 1. The van der Waals surface area contributed by atoms with E-state index in [9.17, 15) is 4.79 Å². The number of amides is 1. The highest BCUT2D eigenvalue weighted by Gasteiger charge is 2.06. The summed E-state index contributed by atoms with van der Waals surface area (Å²) in [5, 5.41) is 6.59. The van der Waals surface area contributed by atoms with Crippen molar-refractivity contribution >= 4 is 33.8 Å². The molecule has 0 spiro atoms. The summed E-state index contributed by atoms with van der Waals surface area (Å²) in [4.78, 5) is 20.5. The second-order valence-electron chi connectivity index (χ2n) is 4.63. The third-order valence-corrected chi connectivity index (χ3v) is 3.81. The van der Waals surface area contributed by atoms with Crippen LogP contribution >= 0.6 is 11.3 Å². The van der Waals surface area contributed by atoms with Crippen LogP contribution in [0.15, 0.2) is 41.9 Å². The van der Waals surface area contributed by atoms with Crippen LogP contribution in [0.5, 0.6) is 0 Å². The Balaban J connectivity index is 1.66. The third-order valence-electron chi connectivity index (χ3n) is 3.03. The number of fused-ring (bicyclic) bond motifs is 1. The van der Waals surface area contributed by atoms with Crippen LogP contribution < -0.4 is 11.1 Å². The molecule has 0 bridgehead atoms. The molecule has 3 aromatic rings. The molecule has 5 nitrogen and oxygen atoms in total. The van der Waals surface area contributed by atoms with E-state index in [2.05, 4.69) is 15.3 Å². The van der Waals surface area contributed by atoms with Gasteiger partial charge >= 0.3 is 0 Å². The molecule has 2 aromatic heterocycles. The van der Waals surface area contributed by atoms with Crippen molar-refractivity contribution in [3.05, 3.63) is 52.6 Å². The van der Waals surface area contributed by atoms with Crippen molar-refractivity contribution in [1.29, 1.82) is 0 Å². The standard InChI is InChI=1S/C15H14N4OS/c16-11-2-4-13-10(7-11)1-3-12(19-13)8-14(20)18-9-15-17-5-6-21-15/h1-7H,8-9,16H2,(H,18,20). The molecule has 1 amide bonds. The molecule has 0 aliphatic rings. The molecule has 0 aliphatic heterocycles. The minimum atomic E-state index is -0.0625. The fraction of sp³-hybridized carbons (Fsp3) is 0.133. The summed E-state index contributed by atoms with van der Waals surface area (Å²) in [5.41, 5.74) is 8.02. The first-order chi connectivity index (χ1) is 10.2. The van der Waals surface area contributed by atoms with Crippen LogP contribution in [0.3, 0.4) is 0 Å². The summed E-state index contributed by atoms with van der Waals surface area (Å²) in [7, 11) is 0. The zero-order valence-corrected chi connectivity index (χ0v) is 12.1. The van der Waals surface area contributed by atoms with E-state index in [0.717, 1.165) is 21.6 Å². The van der Waals surface area contributed by atoms with Gasteiger partial charge in [0, 0.05) is 22.7 Å². The van der Waals surface area contributed by atoms with Crippen molar-refractivity contribution in [2.45, 2.75) is 13.0 Å². The maximum absolute atomic E-state index is 11.9. The third kappa shape index (κ3) is 3.35. The van der Waals surface area contributed by atoms with Crippen molar-refractivity contribution in [3.63, 3.8) is 0 Å². The van der Waals surface area contributed by atoms with Gasteiger partial charge < -0.3 is 11.1 Å². The number of hydrogen-bond acceptors (Lipinski definition) is 5. The van der Waals surface area contributed by atoms with Gasteiger partial charge in [0.05, 0.1) is 24.2 Å². The van der Waals surface area contributed by atoms with Gasteiger partial charge in [0.2, 0.25) is 5.91 Å². The van der Waals surface area contributed by atoms with E-state index in [1.807, 2.05) is 35.7 Å². The Morgan fingerprint density at radius 2 is 2.19 bits per heavy atom. The van der Waals surface area contributed by atoms with Gasteiger partial charge in [0.25, 0.3) is 0 Å². The summed E-state index contributed by atoms with van der Waals surface area (Å²) in [6, 6.07) is 9.32. The number of nitrogens with two attached hydrogens (primary N) is 1. The summed E-state index contributed by atoms with van der Waals surface area (Å²) in [6.45, 7) is 0.459. The molecule has 2 heterocycles. The molecule has 0 saturated heterocycles. The van der Waals surface area contributed by atoms with Crippen molar-refractivity contribution in [3.8, 4) is 0 Å². The quantitative estimate of drug-likeness (QED) is 0.723. The molecule has 21 heavy (non-hydrogen) atoms. The molecular formula is C15H14N4OS. The molecule has 0 radical (unpaired) electrons. The van der Waals surface area contributed by atoms with Crippen LogP contribution in [0.4, 0.5) is 5.69 Å². The predicted octanol–water partition coefficient (Wildman–Crippen LogP) is 2.13. The molecular weight excluding hydrogens is 284 g/mol. The van der Waals surface area contributed by atoms with Gasteiger partial charge in [-0.3, -0.25) is 9.78 Å². The van der Waals surface area contributed by atoms with Crippen molar-refractivity contribution in [1.82, 2.24) is 15.3 Å². The smallest absolute Gasteiger partial charge is 0.226 e. The molecule has 0 aliphatic carbocycles. The number of carbonyl (C=O) groups excluding carboxylic acids is 1. The Kier molecular flexibility index (Phi) is 3.79. The highest BCUT2D eigenvalue weighted by molar-refractivity contribution is 7.09. The first kappa shape index (κ1) is 13.5. The molecule has 0 unspecified atom stereocenters. The van der Waals surface area contributed by atoms with Gasteiger partial charge in [-0.05, 0) is 24.3 Å². The Morgan fingerprint density at radius 1 is 1.29 bits per heavy atom. The number of nitrogens with one attached hydrogen (secondary N) is 1. The van der Waals surface area contributed by atoms with Crippen LogP contribution in [-0.4, -0.2) is 15.9 Å². The van der Waals surface area contributed by atoms with Crippen molar-refractivity contribution < 1.29 is 4.79 Å². The van der Waals surface area contributed by atoms with E-state index >= 15 is 0 Å². The lowest BCUT2D eigenvalue weighted by Gasteiger charge is -2.05. The molecule has 0 atom stereocenters. The number of nitrogen functional groups attached to an aromatic ring is 1. The Bertz CT molecular complexity index is 770. The normalized spacial score (nSPS) is 10.7. The van der Waals surface area contributed by atoms with E-state index < -0.39 is 0 Å². The van der Waals surface area contributed by atoms with Gasteiger partial charge in [-0.2, -0.15) is 0 Å². The zero-order chi connectivity index (χ0) is 14.7. The Hall–Kier alpha value is -2.47. The molecule has 3 rings (SSSR count). The van der Waals surface area contributed by atoms with E-state index in [-0.39, 0.29) is 12.3 Å². The fourth-order valence-corrected chi connectivity index (χ4v) is 2.58. The SMILES string of the molecule is Nc1ccc2nc(CC(=O)NCc3nccs3)ccc2c1. The maximum atomic E-state index is 11.9. The summed E-state index contributed by atoms with van der Waals surface area (Å²) in [5.74, 6) is -0.0625. The lowest BCUT2D eigenvalue weighted by Crippen LogP contribution is -2.24. The van der Waals surface area contributed by atoms with Gasteiger partial charge in [-0.25, -0.2) is 4.98 Å². The highest BCUT2D eigenvalue weighted by Crippen LogP contribution is 2.16. The first-order valence-corrected chi connectivity index (χ1v) is 7.39. The second kappa shape index (κ2) is 5.88. The molecule has 6 heteroatoms. The summed E-state index contributed by atoms with van der Waals surface area (Å²) >= 11 is 1.52. The molecule has 3 N–H and O–H groups in total. The number of pyridine rings is 1. The monoisotopic (exact) mass is 298 g/mol. The van der Waals surface area contributed by atoms with Gasteiger partial charge in [-0.1, -0.05) is 6.07 Å². The predicted molar refractivity (Wildman–Crippen MR) is 83.8 cm³/mol. The molecule has 0 saturated carbocycles. The van der Waals surface area contributed by atoms with Gasteiger partial charge in [0.15, 0.2) is 0 Å². The van der Waals surface area contributed by atoms with Gasteiger partial charge in [-0.15, -0.1) is 11.3 Å². The zero-order valence-electron chi connectivity index (χ0n) is 11.2. The highest BCUT2D eigenvalue weighted by atomic mass is 32.1. The Morgan fingerprint density at radius 3 is 3.00 bits per heavy atom. The average molecular weight is 298 g/mol. The number of aromatic nitrogens is 2. The number of benzene rings is 1. The fourth-order valence-electron chi connectivity index (χ4n) is 2.03. The number of rotatable bonds is 4. The number of nitrogens with zero attached hydrogens (tertiary/aromatic N) is 2. The number of thiazole rings is 1. The van der Waals surface area contributed by atoms with Crippen LogP contribution in [-0.2, 0) is 17.8 Å². The van der Waals surface area contributed by atoms with Gasteiger partial charge in [0.1, 0.15) is 5.01 Å². The van der Waals surface area contributed by atoms with E-state index in [1.54, 1.807) is 6.20 Å². The van der Waals surface area contributed by atoms with Crippen LogP contribution in [0.25, 0.3) is 10.9 Å². The van der Waals surface area contributed by atoms with E-state index in [1.165, 1.54) is 11.3 Å². The minimum Gasteiger partial charge on any atom is -0.399 e. The van der Waals surface area contributed by atoms with Crippen LogP contribution in [0.1, 0.15) is 10.7 Å². The second-order valence-corrected chi connectivity index (χ2v) is 5.61. The van der Waals surface area contributed by atoms with Crippen molar-refractivity contribution in [2.24, 2.45) is 0 Å². The lowest BCUT2D eigenvalue weighted by atomic mass is 10.1. The van der Waals surface area contributed by atoms with Crippen molar-refractivity contribution in [2.75, 3.05) is 5.73 Å². The minimum absolute atomic E-state index is 0.0625. The molecule has 0 fully saturated rings. The van der Waals surface area contributed by atoms with E-state index in [4.69, 9.17) is 5.73 Å². The largest absolute Gasteiger partial charge is 0.399 e. The number of hydrogen-bond donors (Lipinski definition) is 2. The Labute approximate surface area is 125 Å². The molecule has 106 valence electrons. The topological polar surface area (TPSA) is 80.9 Å². The maximum Gasteiger partial charge on any atom is 0.226 e.